The van der Waals surface area contributed by atoms with Gasteiger partial charge in [0.25, 0.3) is 5.91 Å². The number of carbonyl (C=O) groups is 4. The van der Waals surface area contributed by atoms with Gasteiger partial charge in [-0.05, 0) is 61.8 Å². The number of amides is 3. The Morgan fingerprint density at radius 2 is 1.70 bits per heavy atom. The molecule has 3 fully saturated rings. The largest absolute Gasteiger partial charge is 0.463 e. The van der Waals surface area contributed by atoms with Crippen LogP contribution in [0, 0.1) is 25.7 Å². The van der Waals surface area contributed by atoms with Gasteiger partial charge in [0.15, 0.2) is 0 Å². The molecule has 1 spiro atoms. The van der Waals surface area contributed by atoms with E-state index in [1.807, 2.05) is 92.7 Å². The molecule has 6 rings (SSSR count). The summed E-state index contributed by atoms with van der Waals surface area (Å²) in [6, 6.07) is 22.0. The lowest BCUT2D eigenvalue weighted by molar-refractivity contribution is -0.146. The molecule has 3 aromatic rings. The summed E-state index contributed by atoms with van der Waals surface area (Å²) in [6.07, 6.45) is 4.49. The number of hydrogen-bond acceptors (Lipinski definition) is 7. The van der Waals surface area contributed by atoms with Crippen molar-refractivity contribution < 1.29 is 33.8 Å². The topological polar surface area (TPSA) is 125 Å². The van der Waals surface area contributed by atoms with Crippen molar-refractivity contribution in [1.29, 1.82) is 0 Å². The highest BCUT2D eigenvalue weighted by atomic mass is 16.5. The van der Waals surface area contributed by atoms with Gasteiger partial charge in [-0.1, -0.05) is 91.0 Å². The number of allylic oxidation sites excluding steroid dienone is 1. The van der Waals surface area contributed by atoms with E-state index in [1.165, 1.54) is 4.90 Å². The molecule has 3 aromatic carbocycles. The average Bonchev–Trinajstić information content (AvgIpc) is 3.82. The molecule has 53 heavy (non-hydrogen) atoms. The molecule has 0 unspecified atom stereocenters. The molecule has 0 aliphatic carbocycles. The second-order valence-corrected chi connectivity index (χ2v) is 14.3. The van der Waals surface area contributed by atoms with Crippen molar-refractivity contribution in [2.45, 2.75) is 75.8 Å². The van der Waals surface area contributed by atoms with Gasteiger partial charge in [-0.25, -0.2) is 0 Å². The van der Waals surface area contributed by atoms with Crippen molar-refractivity contribution in [2.24, 2.45) is 11.8 Å². The van der Waals surface area contributed by atoms with Crippen LogP contribution in [-0.2, 0) is 35.1 Å². The smallest absolute Gasteiger partial charge is 0.306 e. The number of anilines is 1. The molecule has 3 saturated heterocycles. The lowest BCUT2D eigenvalue weighted by Gasteiger charge is -2.40. The van der Waals surface area contributed by atoms with E-state index >= 15 is 9.59 Å². The van der Waals surface area contributed by atoms with Gasteiger partial charge in [-0.15, -0.1) is 13.2 Å². The lowest BCUT2D eigenvalue weighted by atomic mass is 9.70. The fraction of sp³-hybridized carbons (Fsp3) is 0.395. The first-order valence-electron chi connectivity index (χ1n) is 18.4. The second-order valence-electron chi connectivity index (χ2n) is 14.3. The van der Waals surface area contributed by atoms with Crippen LogP contribution in [0.15, 0.2) is 104 Å². The molecule has 278 valence electrons. The fourth-order valence-electron chi connectivity index (χ4n) is 8.64. The van der Waals surface area contributed by atoms with Gasteiger partial charge in [0.2, 0.25) is 11.8 Å². The van der Waals surface area contributed by atoms with E-state index in [1.54, 1.807) is 17.1 Å². The van der Waals surface area contributed by atoms with E-state index in [0.717, 1.165) is 27.9 Å². The van der Waals surface area contributed by atoms with Crippen LogP contribution in [0.1, 0.15) is 54.0 Å². The Kier molecular flexibility index (Phi) is 11.6. The van der Waals surface area contributed by atoms with Crippen LogP contribution in [0.4, 0.5) is 5.69 Å². The van der Waals surface area contributed by atoms with Crippen molar-refractivity contribution in [3.63, 3.8) is 0 Å². The third-order valence-electron chi connectivity index (χ3n) is 11.0. The molecule has 3 amide bonds. The maximum Gasteiger partial charge on any atom is 0.306 e. The van der Waals surface area contributed by atoms with Crippen LogP contribution in [0.25, 0.3) is 0 Å². The first-order valence-corrected chi connectivity index (χ1v) is 18.4. The Morgan fingerprint density at radius 1 is 1.02 bits per heavy atom. The number of aryl methyl sites for hydroxylation is 2. The minimum Gasteiger partial charge on any atom is -0.463 e. The fourth-order valence-corrected chi connectivity index (χ4v) is 8.64. The molecular weight excluding hydrogens is 670 g/mol. The maximum atomic E-state index is 15.2. The molecule has 0 saturated carbocycles. The van der Waals surface area contributed by atoms with E-state index < -0.39 is 66.1 Å². The van der Waals surface area contributed by atoms with Crippen molar-refractivity contribution in [3.8, 4) is 0 Å². The Labute approximate surface area is 311 Å². The average molecular weight is 720 g/mol. The monoisotopic (exact) mass is 719 g/mol. The van der Waals surface area contributed by atoms with E-state index in [4.69, 9.17) is 9.47 Å². The van der Waals surface area contributed by atoms with Crippen LogP contribution in [-0.4, -0.2) is 77.2 Å². The van der Waals surface area contributed by atoms with Gasteiger partial charge in [0.05, 0.1) is 36.6 Å². The summed E-state index contributed by atoms with van der Waals surface area (Å²) in [7, 11) is 0. The minimum atomic E-state index is -1.31. The number of aliphatic hydroxyl groups excluding tert-OH is 1. The number of benzene rings is 3. The van der Waals surface area contributed by atoms with Crippen molar-refractivity contribution in [3.05, 3.63) is 126 Å². The number of likely N-dealkylation sites (tertiary alicyclic amines) is 1. The first-order chi connectivity index (χ1) is 25.6. The van der Waals surface area contributed by atoms with Crippen LogP contribution < -0.4 is 10.2 Å². The summed E-state index contributed by atoms with van der Waals surface area (Å²) in [5, 5.41) is 14.0. The van der Waals surface area contributed by atoms with Crippen molar-refractivity contribution in [2.75, 3.05) is 24.7 Å². The van der Waals surface area contributed by atoms with Crippen molar-refractivity contribution in [1.82, 2.24) is 10.2 Å². The number of aliphatic hydroxyl groups is 1. The molecule has 10 heteroatoms. The summed E-state index contributed by atoms with van der Waals surface area (Å²) >= 11 is 0. The molecule has 0 radical (unpaired) electrons. The molecule has 2 bridgehead atoms. The third-order valence-corrected chi connectivity index (χ3v) is 11.0. The summed E-state index contributed by atoms with van der Waals surface area (Å²) < 4.78 is 12.4. The molecule has 3 aliphatic heterocycles. The van der Waals surface area contributed by atoms with Gasteiger partial charge in [0.1, 0.15) is 18.2 Å². The van der Waals surface area contributed by atoms with Crippen LogP contribution in [0.3, 0.4) is 0 Å². The molecule has 7 atom stereocenters. The number of nitrogens with zero attached hydrogens (tertiary/aromatic N) is 2. The van der Waals surface area contributed by atoms with Crippen LogP contribution >= 0.6 is 0 Å². The number of para-hydroxylation sites is 1. The Morgan fingerprint density at radius 3 is 2.34 bits per heavy atom. The Bertz CT molecular complexity index is 1810. The number of ether oxygens (including phenoxy) is 2. The van der Waals surface area contributed by atoms with E-state index in [2.05, 4.69) is 18.5 Å². The molecule has 2 N–H and O–H groups in total. The van der Waals surface area contributed by atoms with Gasteiger partial charge in [-0.3, -0.25) is 19.2 Å². The summed E-state index contributed by atoms with van der Waals surface area (Å²) in [5.41, 5.74) is 2.83. The zero-order valence-electron chi connectivity index (χ0n) is 30.5. The number of rotatable bonds is 16. The number of nitrogens with one attached hydrogen (secondary N) is 1. The molecule has 3 aliphatic rings. The summed E-state index contributed by atoms with van der Waals surface area (Å²) in [5.74, 6) is -3.46. The number of hydrogen-bond donors (Lipinski definition) is 2. The number of esters is 1. The van der Waals surface area contributed by atoms with E-state index in [-0.39, 0.29) is 25.5 Å². The normalized spacial score (nSPS) is 23.9. The first kappa shape index (κ1) is 37.7. The Balaban J connectivity index is 1.38. The van der Waals surface area contributed by atoms with Gasteiger partial charge >= 0.3 is 5.97 Å². The minimum absolute atomic E-state index is 0.100. The highest BCUT2D eigenvalue weighted by Crippen LogP contribution is 2.59. The van der Waals surface area contributed by atoms with Gasteiger partial charge in [0, 0.05) is 18.7 Å². The number of fused-ring (bicyclic) bond motifs is 1. The molecule has 10 nitrogen and oxygen atoms in total. The Hall–Kier alpha value is -5.06. The van der Waals surface area contributed by atoms with Gasteiger partial charge in [-0.2, -0.15) is 0 Å². The predicted molar refractivity (Wildman–Crippen MR) is 202 cm³/mol. The third kappa shape index (κ3) is 7.30. The van der Waals surface area contributed by atoms with E-state index in [9.17, 15) is 14.7 Å². The zero-order valence-corrected chi connectivity index (χ0v) is 30.5. The van der Waals surface area contributed by atoms with Crippen LogP contribution in [0.5, 0.6) is 0 Å². The standard InChI is InChI=1S/C43H49N3O7/c1-5-7-21-35(48)52-27-33(31-19-12-9-13-20-31)44-40(49)36-34-22-23-43(53-34)37(36)41(50)46(32(26-47)25-30-17-10-8-11-18-30)39(43)42(51)45(24-6-2)38-28(3)15-14-16-29(38)4/h5-6,8-20,32-34,36-37,39,47H,1-2,7,21-27H2,3-4H3,(H,44,49)/t32-,33+,34-,36+,37+,39-,43+/m1/s1. The molecule has 3 heterocycles. The highest BCUT2D eigenvalue weighted by molar-refractivity contribution is 6.05. The highest BCUT2D eigenvalue weighted by Gasteiger charge is 2.75. The lowest BCUT2D eigenvalue weighted by Crippen LogP contribution is -2.59. The van der Waals surface area contributed by atoms with Gasteiger partial charge < -0.3 is 29.7 Å². The maximum absolute atomic E-state index is 15.2. The summed E-state index contributed by atoms with van der Waals surface area (Å²) in [4.78, 5) is 60.4. The predicted octanol–water partition coefficient (Wildman–Crippen LogP) is 5.17. The SMILES string of the molecule is C=CCCC(=O)OC[C@H](NC(=O)[C@@H]1[C@H]2C(=O)N([C@@H](CO)Cc3ccccc3)[C@H](C(=O)N(CC=C)c3c(C)cccc3C)[C@]23CC[C@H]1O3)c1ccccc1. The number of carbonyl (C=O) groups excluding carboxylic acids is 4. The quantitative estimate of drug-likeness (QED) is 0.155. The van der Waals surface area contributed by atoms with Crippen molar-refractivity contribution >= 4 is 29.4 Å². The molecular formula is C43H49N3O7. The summed E-state index contributed by atoms with van der Waals surface area (Å²) in [6.45, 7) is 11.2. The molecule has 0 aromatic heterocycles. The second kappa shape index (κ2) is 16.3. The van der Waals surface area contributed by atoms with Crippen LogP contribution in [0.2, 0.25) is 0 Å². The zero-order chi connectivity index (χ0) is 37.7. The van der Waals surface area contributed by atoms with E-state index in [0.29, 0.717) is 25.7 Å².